The van der Waals surface area contributed by atoms with E-state index < -0.39 is 18.0 Å². The Labute approximate surface area is 131 Å². The highest BCUT2D eigenvalue weighted by Gasteiger charge is 2.35. The summed E-state index contributed by atoms with van der Waals surface area (Å²) in [5.74, 6) is -4.49. The molecule has 1 atom stereocenters. The van der Waals surface area contributed by atoms with Gasteiger partial charge in [-0.15, -0.1) is 0 Å². The van der Waals surface area contributed by atoms with E-state index in [4.69, 9.17) is 5.11 Å². The summed E-state index contributed by atoms with van der Waals surface area (Å²) in [5, 5.41) is 16.5. The maximum Gasteiger partial charge on any atom is 0.335 e. The number of azo groups is 1. The molecule has 0 spiro atoms. The van der Waals surface area contributed by atoms with Crippen LogP contribution in [-0.2, 0) is 0 Å². The second kappa shape index (κ2) is 6.64. The Morgan fingerprint density at radius 3 is 1.83 bits per heavy atom. The second-order valence-electron chi connectivity index (χ2n) is 4.96. The Balaban J connectivity index is 2.10. The molecule has 0 aromatic heterocycles. The van der Waals surface area contributed by atoms with Crippen molar-refractivity contribution in [3.05, 3.63) is 59.7 Å². The quantitative estimate of drug-likeness (QED) is 0.667. The van der Waals surface area contributed by atoms with Gasteiger partial charge in [-0.25, -0.2) is 18.0 Å². The Kier molecular flexibility index (Phi) is 4.83. The fraction of sp³-hybridized carbons (Fsp3) is 0.133. The van der Waals surface area contributed by atoms with Gasteiger partial charge >= 0.3 is 5.97 Å². The summed E-state index contributed by atoms with van der Waals surface area (Å²) < 4.78 is 39.3. The zero-order valence-corrected chi connectivity index (χ0v) is 12.1. The Morgan fingerprint density at radius 1 is 1.00 bits per heavy atom. The summed E-state index contributed by atoms with van der Waals surface area (Å²) in [7, 11) is 0.520. The van der Waals surface area contributed by atoms with Crippen LogP contribution in [0.1, 0.15) is 22.1 Å². The van der Waals surface area contributed by atoms with Crippen LogP contribution in [0.2, 0.25) is 0 Å². The summed E-state index contributed by atoms with van der Waals surface area (Å²) in [6.45, 7) is 0. The number of nitrogens with zero attached hydrogens (tertiary/aromatic N) is 2. The molecular formula is C15H12BF3N2O2. The van der Waals surface area contributed by atoms with Gasteiger partial charge in [-0.3, -0.25) is 0 Å². The van der Waals surface area contributed by atoms with Crippen LogP contribution in [0.15, 0.2) is 58.8 Å². The van der Waals surface area contributed by atoms with Crippen molar-refractivity contribution in [2.45, 2.75) is 12.0 Å². The van der Waals surface area contributed by atoms with E-state index in [0.717, 1.165) is 0 Å². The Hall–Kier alpha value is -2.64. The molecule has 0 fully saturated rings. The molecule has 4 nitrogen and oxygen atoms in total. The average molecular weight is 320 g/mol. The highest BCUT2D eigenvalue weighted by Crippen LogP contribution is 2.33. The average Bonchev–Trinajstić information content (AvgIpc) is 2.52. The van der Waals surface area contributed by atoms with Crippen LogP contribution >= 0.6 is 0 Å². The SMILES string of the molecule is BC(F)(F)C(F)c1ccc(N=Nc2ccc(C(=O)O)cc2)cc1. The first-order chi connectivity index (χ1) is 10.8. The lowest BCUT2D eigenvalue weighted by Crippen LogP contribution is -2.23. The van der Waals surface area contributed by atoms with Gasteiger partial charge in [0.05, 0.1) is 16.9 Å². The van der Waals surface area contributed by atoms with Crippen molar-refractivity contribution in [3.63, 3.8) is 0 Å². The van der Waals surface area contributed by atoms with Gasteiger partial charge in [0.1, 0.15) is 0 Å². The standard InChI is InChI=1S/C15H12BF3N2O2/c16-15(18,19)13(17)9-1-5-11(6-2-9)20-21-12-7-3-10(4-8-12)14(22)23/h1-8,13H,16H2,(H,22,23). The third-order valence-electron chi connectivity index (χ3n) is 3.03. The molecule has 0 aliphatic heterocycles. The van der Waals surface area contributed by atoms with Crippen molar-refractivity contribution in [1.82, 2.24) is 0 Å². The number of hydrogen-bond donors (Lipinski definition) is 1. The van der Waals surface area contributed by atoms with Gasteiger partial charge < -0.3 is 5.11 Å². The van der Waals surface area contributed by atoms with Crippen molar-refractivity contribution in [1.29, 1.82) is 0 Å². The van der Waals surface area contributed by atoms with Crippen LogP contribution in [0.4, 0.5) is 24.5 Å². The lowest BCUT2D eigenvalue weighted by molar-refractivity contribution is 0.00486. The van der Waals surface area contributed by atoms with E-state index in [-0.39, 0.29) is 11.1 Å². The largest absolute Gasteiger partial charge is 0.478 e. The zero-order valence-electron chi connectivity index (χ0n) is 12.1. The smallest absolute Gasteiger partial charge is 0.335 e. The summed E-state index contributed by atoms with van der Waals surface area (Å²) in [6, 6.07) is 10.9. The topological polar surface area (TPSA) is 62.0 Å². The highest BCUT2D eigenvalue weighted by atomic mass is 19.3. The summed E-state index contributed by atoms with van der Waals surface area (Å²) >= 11 is 0. The van der Waals surface area contributed by atoms with Crippen molar-refractivity contribution in [2.24, 2.45) is 10.2 Å². The molecule has 0 amide bonds. The first-order valence-corrected chi connectivity index (χ1v) is 6.64. The highest BCUT2D eigenvalue weighted by molar-refractivity contribution is 6.13. The summed E-state index contributed by atoms with van der Waals surface area (Å²) in [6.07, 6.45) is -2.38. The van der Waals surface area contributed by atoms with Gasteiger partial charge in [-0.05, 0) is 42.0 Å². The lowest BCUT2D eigenvalue weighted by atomic mass is 9.90. The van der Waals surface area contributed by atoms with Gasteiger partial charge in [-0.1, -0.05) is 12.1 Å². The van der Waals surface area contributed by atoms with Crippen LogP contribution in [0, 0.1) is 0 Å². The molecule has 0 saturated heterocycles. The second-order valence-corrected chi connectivity index (χ2v) is 4.96. The number of carboxylic acids is 1. The molecule has 0 aliphatic carbocycles. The van der Waals surface area contributed by atoms with Gasteiger partial charge in [-0.2, -0.15) is 10.2 Å². The molecule has 0 aliphatic rings. The Morgan fingerprint density at radius 2 is 1.43 bits per heavy atom. The first kappa shape index (κ1) is 16.7. The van der Waals surface area contributed by atoms with Gasteiger partial charge in [0.25, 0.3) is 0 Å². The molecule has 0 bridgehead atoms. The first-order valence-electron chi connectivity index (χ1n) is 6.64. The predicted molar refractivity (Wildman–Crippen MR) is 81.4 cm³/mol. The van der Waals surface area contributed by atoms with E-state index in [1.54, 1.807) is 0 Å². The molecule has 8 heteroatoms. The maximum absolute atomic E-state index is 13.5. The molecule has 23 heavy (non-hydrogen) atoms. The van der Waals surface area contributed by atoms with E-state index in [9.17, 15) is 18.0 Å². The summed E-state index contributed by atoms with van der Waals surface area (Å²) in [4.78, 5) is 10.7. The van der Waals surface area contributed by atoms with E-state index in [1.165, 1.54) is 48.5 Å². The van der Waals surface area contributed by atoms with Crippen molar-refractivity contribution < 1.29 is 23.1 Å². The Bertz CT molecular complexity index is 713. The number of hydrogen-bond acceptors (Lipinski definition) is 3. The van der Waals surface area contributed by atoms with E-state index in [0.29, 0.717) is 19.2 Å². The zero-order chi connectivity index (χ0) is 17.0. The molecule has 1 N–H and O–H groups in total. The molecule has 2 aromatic rings. The monoisotopic (exact) mass is 320 g/mol. The molecule has 0 heterocycles. The molecule has 1 unspecified atom stereocenters. The van der Waals surface area contributed by atoms with E-state index in [2.05, 4.69) is 10.2 Å². The molecule has 0 saturated carbocycles. The number of benzene rings is 2. The minimum Gasteiger partial charge on any atom is -0.478 e. The van der Waals surface area contributed by atoms with Gasteiger partial charge in [0, 0.05) is 0 Å². The van der Waals surface area contributed by atoms with Crippen LogP contribution in [0.25, 0.3) is 0 Å². The molecular weight excluding hydrogens is 308 g/mol. The number of carboxylic acid groups (broad SMARTS) is 1. The van der Waals surface area contributed by atoms with Gasteiger partial charge in [0.15, 0.2) is 14.0 Å². The molecule has 2 rings (SSSR count). The third kappa shape index (κ3) is 4.42. The predicted octanol–water partition coefficient (Wildman–Crippen LogP) is 4.04. The minimum atomic E-state index is -3.45. The van der Waals surface area contributed by atoms with E-state index >= 15 is 0 Å². The fourth-order valence-corrected chi connectivity index (χ4v) is 1.79. The summed E-state index contributed by atoms with van der Waals surface area (Å²) in [5.41, 5.74) is 0.787. The fourth-order valence-electron chi connectivity index (χ4n) is 1.79. The van der Waals surface area contributed by atoms with Crippen molar-refractivity contribution in [3.8, 4) is 0 Å². The lowest BCUT2D eigenvalue weighted by Gasteiger charge is -2.16. The maximum atomic E-state index is 13.5. The number of aromatic carboxylic acids is 1. The number of rotatable bonds is 5. The third-order valence-corrected chi connectivity index (χ3v) is 3.03. The molecule has 2 aromatic carbocycles. The van der Waals surface area contributed by atoms with Crippen LogP contribution < -0.4 is 0 Å². The number of carbonyl (C=O) groups is 1. The number of halogens is 3. The van der Waals surface area contributed by atoms with E-state index in [1.807, 2.05) is 0 Å². The van der Waals surface area contributed by atoms with Crippen LogP contribution in [0.3, 0.4) is 0 Å². The van der Waals surface area contributed by atoms with Crippen molar-refractivity contribution >= 4 is 25.2 Å². The number of alkyl halides is 3. The normalized spacial score (nSPS) is 13.2. The minimum absolute atomic E-state index is 0.128. The van der Waals surface area contributed by atoms with Crippen molar-refractivity contribution in [2.75, 3.05) is 0 Å². The van der Waals surface area contributed by atoms with Gasteiger partial charge in [0.2, 0.25) is 5.82 Å². The van der Waals surface area contributed by atoms with Crippen LogP contribution in [-0.4, -0.2) is 24.7 Å². The van der Waals surface area contributed by atoms with Crippen LogP contribution in [0.5, 0.6) is 0 Å². The molecule has 118 valence electrons. The molecule has 0 radical (unpaired) electrons.